The highest BCUT2D eigenvalue weighted by atomic mass is 16.5. The Morgan fingerprint density at radius 2 is 2.05 bits per heavy atom. The molecule has 2 N–H and O–H groups in total. The highest BCUT2D eigenvalue weighted by Gasteiger charge is 2.19. The van der Waals surface area contributed by atoms with Crippen LogP contribution in [-0.2, 0) is 14.3 Å². The summed E-state index contributed by atoms with van der Waals surface area (Å²) >= 11 is 0. The van der Waals surface area contributed by atoms with Gasteiger partial charge >= 0.3 is 5.97 Å². The summed E-state index contributed by atoms with van der Waals surface area (Å²) in [7, 11) is 1.59. The topological polar surface area (TPSA) is 82.1 Å². The molecule has 20 heavy (non-hydrogen) atoms. The molecule has 1 aliphatic rings. The fourth-order valence-electron chi connectivity index (χ4n) is 2.09. The van der Waals surface area contributed by atoms with Crippen molar-refractivity contribution in [1.29, 1.82) is 0 Å². The first-order valence-corrected chi connectivity index (χ1v) is 6.98. The first-order valence-electron chi connectivity index (χ1n) is 6.98. The maximum absolute atomic E-state index is 11.5. The molecule has 1 unspecified atom stereocenters. The van der Waals surface area contributed by atoms with Crippen molar-refractivity contribution < 1.29 is 19.4 Å². The van der Waals surface area contributed by atoms with Crippen LogP contribution < -0.4 is 5.32 Å². The molecular weight excluding hydrogens is 262 g/mol. The second-order valence-electron chi connectivity index (χ2n) is 5.10. The minimum absolute atomic E-state index is 0.0930. The van der Waals surface area contributed by atoms with E-state index in [2.05, 4.69) is 10.2 Å². The maximum atomic E-state index is 11.5. The van der Waals surface area contributed by atoms with E-state index in [4.69, 9.17) is 9.84 Å². The third-order valence-corrected chi connectivity index (χ3v) is 3.44. The third kappa shape index (κ3) is 6.31. The van der Waals surface area contributed by atoms with Crippen molar-refractivity contribution in [3.8, 4) is 0 Å². The summed E-state index contributed by atoms with van der Waals surface area (Å²) in [6.07, 6.45) is 0. The minimum atomic E-state index is -0.835. The number of nitrogens with zero attached hydrogens (tertiary/aromatic N) is 2. The lowest BCUT2D eigenvalue weighted by Crippen LogP contribution is -2.45. The zero-order chi connectivity index (χ0) is 15.0. The van der Waals surface area contributed by atoms with Crippen LogP contribution in [0.1, 0.15) is 6.92 Å². The van der Waals surface area contributed by atoms with Gasteiger partial charge in [-0.25, -0.2) is 0 Å². The number of nitrogens with one attached hydrogen (secondary N) is 1. The van der Waals surface area contributed by atoms with Gasteiger partial charge in [-0.3, -0.25) is 19.4 Å². The average molecular weight is 287 g/mol. The number of ether oxygens (including phenoxy) is 1. The molecule has 0 bridgehead atoms. The van der Waals surface area contributed by atoms with Crippen LogP contribution in [0.5, 0.6) is 0 Å². The Bertz CT molecular complexity index is 319. The van der Waals surface area contributed by atoms with Gasteiger partial charge in [0.15, 0.2) is 0 Å². The van der Waals surface area contributed by atoms with Crippen LogP contribution in [0.15, 0.2) is 0 Å². The summed E-state index contributed by atoms with van der Waals surface area (Å²) in [6.45, 7) is 7.05. The van der Waals surface area contributed by atoms with E-state index in [9.17, 15) is 9.59 Å². The SMILES string of the molecule is CNC(=O)CN(CCN1CCOCC1)CC(C)C(=O)O. The number of amides is 1. The molecule has 1 aliphatic heterocycles. The number of likely N-dealkylation sites (N-methyl/N-ethyl adjacent to an activating group) is 1. The molecule has 1 amide bonds. The van der Waals surface area contributed by atoms with E-state index in [0.29, 0.717) is 13.1 Å². The van der Waals surface area contributed by atoms with E-state index in [-0.39, 0.29) is 12.5 Å². The zero-order valence-corrected chi connectivity index (χ0v) is 12.3. The number of carboxylic acids is 1. The molecule has 116 valence electrons. The summed E-state index contributed by atoms with van der Waals surface area (Å²) in [5.74, 6) is -1.41. The maximum Gasteiger partial charge on any atom is 0.307 e. The summed E-state index contributed by atoms with van der Waals surface area (Å²) in [5, 5.41) is 11.6. The van der Waals surface area contributed by atoms with Crippen molar-refractivity contribution in [2.24, 2.45) is 5.92 Å². The average Bonchev–Trinajstić information content (AvgIpc) is 2.45. The summed E-state index contributed by atoms with van der Waals surface area (Å²) < 4.78 is 5.29. The van der Waals surface area contributed by atoms with Crippen LogP contribution in [0.25, 0.3) is 0 Å². The molecule has 7 nitrogen and oxygen atoms in total. The lowest BCUT2D eigenvalue weighted by Gasteiger charge is -2.30. The Morgan fingerprint density at radius 1 is 1.40 bits per heavy atom. The number of hydrogen-bond donors (Lipinski definition) is 2. The van der Waals surface area contributed by atoms with Gasteiger partial charge in [0.1, 0.15) is 0 Å². The Labute approximate surface area is 119 Å². The lowest BCUT2D eigenvalue weighted by molar-refractivity contribution is -0.142. The largest absolute Gasteiger partial charge is 0.481 e. The number of rotatable bonds is 8. The van der Waals surface area contributed by atoms with Gasteiger partial charge in [-0.2, -0.15) is 0 Å². The van der Waals surface area contributed by atoms with Gasteiger partial charge in [0.25, 0.3) is 0 Å². The van der Waals surface area contributed by atoms with Crippen molar-refractivity contribution in [3.05, 3.63) is 0 Å². The summed E-state index contributed by atoms with van der Waals surface area (Å²) in [4.78, 5) is 26.6. The predicted octanol–water partition coefficient (Wildman–Crippen LogP) is -0.913. The quantitative estimate of drug-likeness (QED) is 0.601. The number of hydrogen-bond acceptors (Lipinski definition) is 5. The van der Waals surface area contributed by atoms with Gasteiger partial charge in [-0.05, 0) is 0 Å². The molecule has 0 saturated carbocycles. The predicted molar refractivity (Wildman–Crippen MR) is 74.6 cm³/mol. The Kier molecular flexibility index (Phi) is 7.50. The Balaban J connectivity index is 2.43. The smallest absolute Gasteiger partial charge is 0.307 e. The van der Waals surface area contributed by atoms with Crippen LogP contribution in [-0.4, -0.2) is 86.3 Å². The molecule has 1 atom stereocenters. The monoisotopic (exact) mass is 287 g/mol. The summed E-state index contributed by atoms with van der Waals surface area (Å²) in [6, 6.07) is 0. The fourth-order valence-corrected chi connectivity index (χ4v) is 2.09. The van der Waals surface area contributed by atoms with Crippen LogP contribution >= 0.6 is 0 Å². The molecule has 0 aliphatic carbocycles. The lowest BCUT2D eigenvalue weighted by atomic mass is 10.1. The molecule has 0 radical (unpaired) electrons. The number of carbonyl (C=O) groups is 2. The van der Waals surface area contributed by atoms with E-state index >= 15 is 0 Å². The molecule has 0 aromatic carbocycles. The van der Waals surface area contributed by atoms with Crippen LogP contribution in [0.3, 0.4) is 0 Å². The zero-order valence-electron chi connectivity index (χ0n) is 12.3. The van der Waals surface area contributed by atoms with Crippen LogP contribution in [0.4, 0.5) is 0 Å². The van der Waals surface area contributed by atoms with Crippen LogP contribution in [0.2, 0.25) is 0 Å². The highest BCUT2D eigenvalue weighted by Crippen LogP contribution is 2.02. The number of carboxylic acid groups (broad SMARTS) is 1. The van der Waals surface area contributed by atoms with Gasteiger partial charge in [-0.15, -0.1) is 0 Å². The standard InChI is InChI=1S/C13H25N3O4/c1-11(13(18)19)9-16(10-12(17)14-2)4-3-15-5-7-20-8-6-15/h11H,3-10H2,1-2H3,(H,14,17)(H,18,19). The van der Waals surface area contributed by atoms with E-state index in [1.54, 1.807) is 14.0 Å². The number of aliphatic carboxylic acids is 1. The molecule has 1 heterocycles. The first-order chi connectivity index (χ1) is 9.52. The molecule has 0 spiro atoms. The van der Waals surface area contributed by atoms with Gasteiger partial charge in [-0.1, -0.05) is 6.92 Å². The molecule has 7 heteroatoms. The van der Waals surface area contributed by atoms with Crippen molar-refractivity contribution in [2.45, 2.75) is 6.92 Å². The van der Waals surface area contributed by atoms with Crippen LogP contribution in [0, 0.1) is 5.92 Å². The first kappa shape index (κ1) is 16.9. The molecule has 1 saturated heterocycles. The van der Waals surface area contributed by atoms with Gasteiger partial charge < -0.3 is 15.2 Å². The second kappa shape index (κ2) is 8.89. The van der Waals surface area contributed by atoms with Crippen molar-refractivity contribution in [1.82, 2.24) is 15.1 Å². The van der Waals surface area contributed by atoms with Gasteiger partial charge in [0.05, 0.1) is 25.7 Å². The highest BCUT2D eigenvalue weighted by molar-refractivity contribution is 5.77. The van der Waals surface area contributed by atoms with E-state index < -0.39 is 11.9 Å². The van der Waals surface area contributed by atoms with Crippen molar-refractivity contribution in [2.75, 3.05) is 59.5 Å². The fraction of sp³-hybridized carbons (Fsp3) is 0.846. The minimum Gasteiger partial charge on any atom is -0.481 e. The van der Waals surface area contributed by atoms with E-state index in [0.717, 1.165) is 32.8 Å². The Morgan fingerprint density at radius 3 is 2.60 bits per heavy atom. The van der Waals surface area contributed by atoms with Gasteiger partial charge in [0, 0.05) is 39.8 Å². The van der Waals surface area contributed by atoms with Crippen molar-refractivity contribution >= 4 is 11.9 Å². The number of carbonyl (C=O) groups excluding carboxylic acids is 1. The molecule has 1 fully saturated rings. The summed E-state index contributed by atoms with van der Waals surface area (Å²) in [5.41, 5.74) is 0. The normalized spacial score (nSPS) is 17.9. The Hall–Kier alpha value is -1.18. The number of morpholine rings is 1. The van der Waals surface area contributed by atoms with Gasteiger partial charge in [0.2, 0.25) is 5.91 Å². The molecule has 0 aromatic rings. The molecular formula is C13H25N3O4. The molecule has 1 rings (SSSR count). The second-order valence-corrected chi connectivity index (χ2v) is 5.10. The van der Waals surface area contributed by atoms with E-state index in [1.165, 1.54) is 0 Å². The molecule has 0 aromatic heterocycles. The van der Waals surface area contributed by atoms with E-state index in [1.807, 2.05) is 4.90 Å². The third-order valence-electron chi connectivity index (χ3n) is 3.44. The van der Waals surface area contributed by atoms with Crippen molar-refractivity contribution in [3.63, 3.8) is 0 Å².